The van der Waals surface area contributed by atoms with Gasteiger partial charge in [0.2, 0.25) is 0 Å². The van der Waals surface area contributed by atoms with E-state index in [1.165, 1.54) is 0 Å². The number of rotatable bonds is 3. The number of aliphatic hydroxyl groups excluding tert-OH is 1. The average Bonchev–Trinajstić information content (AvgIpc) is 2.83. The summed E-state index contributed by atoms with van der Waals surface area (Å²) in [4.78, 5) is 13.5. The van der Waals surface area contributed by atoms with Gasteiger partial charge in [0.05, 0.1) is 6.61 Å². The van der Waals surface area contributed by atoms with E-state index in [9.17, 15) is 14.4 Å². The first-order valence-corrected chi connectivity index (χ1v) is 8.05. The number of thioether (sulfide) groups is 1. The largest absolute Gasteiger partial charge is 0.439 e. The number of carbonyl (C=O) groups excluding carboxylic acids is 1. The van der Waals surface area contributed by atoms with E-state index in [0.717, 1.165) is 30.3 Å². The van der Waals surface area contributed by atoms with Gasteiger partial charge in [-0.05, 0) is 17.7 Å². The lowest BCUT2D eigenvalue weighted by atomic mass is 10.0. The molecule has 0 saturated carbocycles. The molecule has 2 unspecified atom stereocenters. The molecule has 0 bridgehead atoms. The zero-order valence-corrected chi connectivity index (χ0v) is 12.3. The number of amides is 1. The molecule has 2 atom stereocenters. The Hall–Kier alpha value is -1.47. The van der Waals surface area contributed by atoms with Gasteiger partial charge in [-0.3, -0.25) is 0 Å². The van der Waals surface area contributed by atoms with Crippen LogP contribution in [0.1, 0.15) is 11.6 Å². The summed E-state index contributed by atoms with van der Waals surface area (Å²) < 4.78 is 18.6. The maximum Gasteiger partial charge on any atom is 0.439 e. The Labute approximate surface area is 126 Å². The highest BCUT2D eigenvalue weighted by Gasteiger charge is 2.43. The molecule has 1 aromatic carbocycles. The molecule has 2 aliphatic rings. The molecule has 5 nitrogen and oxygen atoms in total. The second-order valence-corrected chi connectivity index (χ2v) is 6.28. The SMILES string of the molecule is O=C1OC(CO)C(c2ccc(N3CCSCC3)cc2)N1F. The first-order chi connectivity index (χ1) is 10.2. The topological polar surface area (TPSA) is 53.0 Å². The van der Waals surface area contributed by atoms with Crippen LogP contribution >= 0.6 is 11.8 Å². The normalized spacial score (nSPS) is 26.1. The van der Waals surface area contributed by atoms with Crippen LogP contribution in [0.3, 0.4) is 0 Å². The van der Waals surface area contributed by atoms with E-state index in [1.807, 2.05) is 23.9 Å². The molecule has 2 aliphatic heterocycles. The molecule has 2 saturated heterocycles. The van der Waals surface area contributed by atoms with E-state index in [-0.39, 0.29) is 5.12 Å². The molecular weight excluding hydrogens is 295 g/mol. The van der Waals surface area contributed by atoms with Crippen LogP contribution in [0.15, 0.2) is 24.3 Å². The van der Waals surface area contributed by atoms with Gasteiger partial charge in [-0.15, -0.1) is 5.12 Å². The zero-order chi connectivity index (χ0) is 14.8. The predicted molar refractivity (Wildman–Crippen MR) is 79.0 cm³/mol. The number of hydrogen-bond donors (Lipinski definition) is 1. The Morgan fingerprint density at radius 2 is 1.95 bits per heavy atom. The minimum Gasteiger partial charge on any atom is -0.439 e. The Balaban J connectivity index is 1.78. The number of benzene rings is 1. The number of halogens is 1. The van der Waals surface area contributed by atoms with Crippen LogP contribution in [-0.4, -0.2) is 53.6 Å². The number of ether oxygens (including phenoxy) is 1. The summed E-state index contributed by atoms with van der Waals surface area (Å²) in [5.74, 6) is 2.22. The summed E-state index contributed by atoms with van der Waals surface area (Å²) >= 11 is 1.94. The zero-order valence-electron chi connectivity index (χ0n) is 11.4. The summed E-state index contributed by atoms with van der Waals surface area (Å²) in [6.07, 6.45) is -1.91. The molecule has 2 fully saturated rings. The molecule has 1 amide bonds. The first kappa shape index (κ1) is 14.5. The molecule has 3 rings (SSSR count). The fourth-order valence-electron chi connectivity index (χ4n) is 2.69. The van der Waals surface area contributed by atoms with Crippen molar-refractivity contribution in [2.24, 2.45) is 0 Å². The van der Waals surface area contributed by atoms with Crippen molar-refractivity contribution in [3.05, 3.63) is 29.8 Å². The third-order valence-electron chi connectivity index (χ3n) is 3.81. The lowest BCUT2D eigenvalue weighted by Gasteiger charge is -2.29. The van der Waals surface area contributed by atoms with Crippen molar-refractivity contribution in [3.8, 4) is 0 Å². The third-order valence-corrected chi connectivity index (χ3v) is 4.76. The number of aliphatic hydroxyl groups is 1. The van der Waals surface area contributed by atoms with E-state index in [1.54, 1.807) is 12.1 Å². The second kappa shape index (κ2) is 6.11. The van der Waals surface area contributed by atoms with Crippen molar-refractivity contribution in [1.29, 1.82) is 0 Å². The molecule has 7 heteroatoms. The van der Waals surface area contributed by atoms with Gasteiger partial charge in [0.1, 0.15) is 6.04 Å². The van der Waals surface area contributed by atoms with Gasteiger partial charge >= 0.3 is 6.09 Å². The van der Waals surface area contributed by atoms with Crippen molar-refractivity contribution >= 4 is 23.5 Å². The van der Waals surface area contributed by atoms with E-state index in [2.05, 4.69) is 4.90 Å². The molecule has 0 spiro atoms. The van der Waals surface area contributed by atoms with Gasteiger partial charge in [-0.2, -0.15) is 11.8 Å². The Kier molecular flexibility index (Phi) is 4.21. The monoisotopic (exact) mass is 312 g/mol. The van der Waals surface area contributed by atoms with Crippen LogP contribution in [0.4, 0.5) is 15.0 Å². The highest BCUT2D eigenvalue weighted by Crippen LogP contribution is 2.34. The smallest absolute Gasteiger partial charge is 0.439 e. The molecule has 1 aromatic rings. The van der Waals surface area contributed by atoms with Crippen LogP contribution in [0.2, 0.25) is 0 Å². The highest BCUT2D eigenvalue weighted by molar-refractivity contribution is 7.99. The summed E-state index contributed by atoms with van der Waals surface area (Å²) in [7, 11) is 0. The number of hydrogen-bond acceptors (Lipinski definition) is 5. The van der Waals surface area contributed by atoms with Gasteiger partial charge in [0.15, 0.2) is 6.10 Å². The van der Waals surface area contributed by atoms with Gasteiger partial charge in [0, 0.05) is 30.3 Å². The van der Waals surface area contributed by atoms with Crippen molar-refractivity contribution in [2.75, 3.05) is 36.1 Å². The fraction of sp³-hybridized carbons (Fsp3) is 0.500. The number of cyclic esters (lactones) is 1. The average molecular weight is 312 g/mol. The Bertz CT molecular complexity index is 507. The third kappa shape index (κ3) is 2.80. The lowest BCUT2D eigenvalue weighted by Crippen LogP contribution is -2.32. The van der Waals surface area contributed by atoms with Crippen molar-refractivity contribution in [3.63, 3.8) is 0 Å². The summed E-state index contributed by atoms with van der Waals surface area (Å²) in [5, 5.41) is 9.26. The van der Waals surface area contributed by atoms with Crippen LogP contribution in [0, 0.1) is 0 Å². The quantitative estimate of drug-likeness (QED) is 0.865. The van der Waals surface area contributed by atoms with E-state index < -0.39 is 24.8 Å². The molecule has 0 aliphatic carbocycles. The molecule has 114 valence electrons. The summed E-state index contributed by atoms with van der Waals surface area (Å²) in [5.41, 5.74) is 1.72. The molecule has 21 heavy (non-hydrogen) atoms. The number of anilines is 1. The van der Waals surface area contributed by atoms with E-state index in [4.69, 9.17) is 4.74 Å². The van der Waals surface area contributed by atoms with Crippen LogP contribution in [0.25, 0.3) is 0 Å². The standard InChI is InChI=1S/C14H17FN2O3S/c15-17-13(12(9-18)20-14(17)19)10-1-3-11(4-2-10)16-5-7-21-8-6-16/h1-4,12-13,18H,5-9H2. The predicted octanol–water partition coefficient (Wildman–Crippen LogP) is 1.98. The lowest BCUT2D eigenvalue weighted by molar-refractivity contribution is 0.0388. The van der Waals surface area contributed by atoms with Gasteiger partial charge < -0.3 is 14.7 Å². The van der Waals surface area contributed by atoms with E-state index >= 15 is 0 Å². The maximum absolute atomic E-state index is 13.8. The van der Waals surface area contributed by atoms with Crippen LogP contribution < -0.4 is 4.90 Å². The molecule has 0 aromatic heterocycles. The Morgan fingerprint density at radius 3 is 2.57 bits per heavy atom. The van der Waals surface area contributed by atoms with Gasteiger partial charge in [-0.1, -0.05) is 16.6 Å². The molecule has 2 heterocycles. The summed E-state index contributed by atoms with van der Waals surface area (Å²) in [6.45, 7) is 1.61. The first-order valence-electron chi connectivity index (χ1n) is 6.90. The summed E-state index contributed by atoms with van der Waals surface area (Å²) in [6, 6.07) is 6.55. The van der Waals surface area contributed by atoms with E-state index in [0.29, 0.717) is 5.56 Å². The molecule has 1 N–H and O–H groups in total. The number of carbonyl (C=O) groups is 1. The maximum atomic E-state index is 13.8. The van der Waals surface area contributed by atoms with Gasteiger partial charge in [0.25, 0.3) is 0 Å². The van der Waals surface area contributed by atoms with Crippen molar-refractivity contribution in [1.82, 2.24) is 5.12 Å². The van der Waals surface area contributed by atoms with Crippen LogP contribution in [-0.2, 0) is 4.74 Å². The molecular formula is C14H17FN2O3S. The Morgan fingerprint density at radius 1 is 1.29 bits per heavy atom. The van der Waals surface area contributed by atoms with Crippen LogP contribution in [0.5, 0.6) is 0 Å². The van der Waals surface area contributed by atoms with Crippen molar-refractivity contribution in [2.45, 2.75) is 12.1 Å². The fourth-order valence-corrected chi connectivity index (χ4v) is 3.59. The second-order valence-electron chi connectivity index (χ2n) is 5.05. The minimum absolute atomic E-state index is 0.0490. The van der Waals surface area contributed by atoms with Gasteiger partial charge in [-0.25, -0.2) is 4.79 Å². The highest BCUT2D eigenvalue weighted by atomic mass is 32.2. The molecule has 0 radical (unpaired) electrons. The van der Waals surface area contributed by atoms with Crippen molar-refractivity contribution < 1.29 is 19.1 Å². The minimum atomic E-state index is -1.05. The number of nitrogens with zero attached hydrogens (tertiary/aromatic N) is 2.